The number of methoxy groups -OCH3 is 1. The lowest BCUT2D eigenvalue weighted by Gasteiger charge is -2.20. The molecule has 0 aliphatic heterocycles. The number of para-hydroxylation sites is 1. The van der Waals surface area contributed by atoms with E-state index in [1.54, 1.807) is 6.07 Å². The van der Waals surface area contributed by atoms with Gasteiger partial charge in [0.2, 0.25) is 10.0 Å². The van der Waals surface area contributed by atoms with Gasteiger partial charge >= 0.3 is 0 Å². The highest BCUT2D eigenvalue weighted by atomic mass is 32.2. The molecule has 6 nitrogen and oxygen atoms in total. The molecule has 1 amide bonds. The second-order valence-electron chi connectivity index (χ2n) is 7.15. The predicted octanol–water partition coefficient (Wildman–Crippen LogP) is 4.10. The summed E-state index contributed by atoms with van der Waals surface area (Å²) in [5.74, 6) is 0.261. The quantitative estimate of drug-likeness (QED) is 0.728. The van der Waals surface area contributed by atoms with Crippen LogP contribution < -0.4 is 14.8 Å². The lowest BCUT2D eigenvalue weighted by atomic mass is 9.92. The van der Waals surface area contributed by atoms with Gasteiger partial charge in [0, 0.05) is 11.3 Å². The minimum atomic E-state index is -3.77. The molecule has 152 valence electrons. The summed E-state index contributed by atoms with van der Waals surface area (Å²) in [7, 11) is -1.07. The summed E-state index contributed by atoms with van der Waals surface area (Å²) in [6.07, 6.45) is 0. The SMILES string of the molecule is CNS(=O)(=O)c1cc(C(=O)Nc2c(C(C)C)cccc2C(C)C)ccc1OC. The molecule has 2 aromatic rings. The molecule has 0 radical (unpaired) electrons. The second-order valence-corrected chi connectivity index (χ2v) is 9.00. The van der Waals surface area contributed by atoms with E-state index >= 15 is 0 Å². The number of hydrogen-bond acceptors (Lipinski definition) is 4. The van der Waals surface area contributed by atoms with E-state index in [2.05, 4.69) is 37.7 Å². The Bertz CT molecular complexity index is 940. The highest BCUT2D eigenvalue weighted by Crippen LogP contribution is 2.33. The number of carbonyl (C=O) groups is 1. The van der Waals surface area contributed by atoms with Crippen LogP contribution in [0.2, 0.25) is 0 Å². The molecular formula is C21H28N2O4S. The van der Waals surface area contributed by atoms with Gasteiger partial charge in [-0.15, -0.1) is 0 Å². The number of hydrogen-bond donors (Lipinski definition) is 2. The van der Waals surface area contributed by atoms with Crippen molar-refractivity contribution in [2.24, 2.45) is 0 Å². The molecule has 0 heterocycles. The second kappa shape index (κ2) is 8.75. The zero-order valence-corrected chi connectivity index (χ0v) is 18.0. The molecule has 0 atom stereocenters. The number of anilines is 1. The third kappa shape index (κ3) is 4.54. The molecule has 28 heavy (non-hydrogen) atoms. The molecule has 0 saturated carbocycles. The van der Waals surface area contributed by atoms with Crippen LogP contribution in [0.3, 0.4) is 0 Å². The predicted molar refractivity (Wildman–Crippen MR) is 112 cm³/mol. The van der Waals surface area contributed by atoms with Crippen LogP contribution in [0.4, 0.5) is 5.69 Å². The van der Waals surface area contributed by atoms with Gasteiger partial charge in [-0.25, -0.2) is 13.1 Å². The van der Waals surface area contributed by atoms with Gasteiger partial charge in [-0.2, -0.15) is 0 Å². The molecule has 2 aromatic carbocycles. The Labute approximate surface area is 167 Å². The number of benzene rings is 2. The summed E-state index contributed by atoms with van der Waals surface area (Å²) in [6.45, 7) is 8.28. The van der Waals surface area contributed by atoms with E-state index in [0.29, 0.717) is 0 Å². The first-order chi connectivity index (χ1) is 13.1. The minimum absolute atomic E-state index is 0.0774. The van der Waals surface area contributed by atoms with Gasteiger partial charge in [-0.05, 0) is 48.2 Å². The normalized spacial score (nSPS) is 11.7. The van der Waals surface area contributed by atoms with Crippen molar-refractivity contribution in [1.82, 2.24) is 4.72 Å². The lowest BCUT2D eigenvalue weighted by Crippen LogP contribution is -2.21. The van der Waals surface area contributed by atoms with E-state index < -0.39 is 10.0 Å². The third-order valence-electron chi connectivity index (χ3n) is 4.60. The Kier molecular flexibility index (Phi) is 6.85. The van der Waals surface area contributed by atoms with Gasteiger partial charge in [-0.3, -0.25) is 4.79 Å². The third-order valence-corrected chi connectivity index (χ3v) is 6.03. The largest absolute Gasteiger partial charge is 0.495 e. The van der Waals surface area contributed by atoms with Crippen LogP contribution in [0.5, 0.6) is 5.75 Å². The lowest BCUT2D eigenvalue weighted by molar-refractivity contribution is 0.102. The fourth-order valence-corrected chi connectivity index (χ4v) is 3.94. The molecule has 0 saturated heterocycles. The van der Waals surface area contributed by atoms with E-state index in [0.717, 1.165) is 16.8 Å². The Morgan fingerprint density at radius 1 is 1.00 bits per heavy atom. The van der Waals surface area contributed by atoms with Crippen molar-refractivity contribution in [2.75, 3.05) is 19.5 Å². The average molecular weight is 405 g/mol. The van der Waals surface area contributed by atoms with Gasteiger partial charge in [0.15, 0.2) is 0 Å². The van der Waals surface area contributed by atoms with E-state index in [1.807, 2.05) is 18.2 Å². The van der Waals surface area contributed by atoms with Crippen LogP contribution >= 0.6 is 0 Å². The maximum absolute atomic E-state index is 13.0. The maximum atomic E-state index is 13.0. The number of carbonyl (C=O) groups excluding carboxylic acids is 1. The smallest absolute Gasteiger partial charge is 0.255 e. The Morgan fingerprint density at radius 3 is 2.04 bits per heavy atom. The molecule has 7 heteroatoms. The van der Waals surface area contributed by atoms with Gasteiger partial charge in [0.05, 0.1) is 7.11 Å². The molecular weight excluding hydrogens is 376 g/mol. The minimum Gasteiger partial charge on any atom is -0.495 e. The Balaban J connectivity index is 2.51. The molecule has 2 N–H and O–H groups in total. The summed E-state index contributed by atoms with van der Waals surface area (Å²) in [6, 6.07) is 10.3. The fourth-order valence-electron chi connectivity index (χ4n) is 3.02. The fraction of sp³-hybridized carbons (Fsp3) is 0.381. The van der Waals surface area contributed by atoms with Crippen molar-refractivity contribution in [3.8, 4) is 5.75 Å². The van der Waals surface area contributed by atoms with E-state index in [-0.39, 0.29) is 34.0 Å². The molecule has 0 aromatic heterocycles. The van der Waals surface area contributed by atoms with Gasteiger partial charge in [0.1, 0.15) is 10.6 Å². The Morgan fingerprint density at radius 2 is 1.57 bits per heavy atom. The van der Waals surface area contributed by atoms with Crippen LogP contribution in [0, 0.1) is 0 Å². The first-order valence-electron chi connectivity index (χ1n) is 9.18. The standard InChI is InChI=1S/C21H28N2O4S/c1-13(2)16-8-7-9-17(14(3)4)20(16)23-21(24)15-10-11-18(27-6)19(12-15)28(25,26)22-5/h7-14,22H,1-6H3,(H,23,24). The van der Waals surface area contributed by atoms with Crippen molar-refractivity contribution in [3.63, 3.8) is 0 Å². The topological polar surface area (TPSA) is 84.5 Å². The number of nitrogens with one attached hydrogen (secondary N) is 2. The van der Waals surface area contributed by atoms with E-state index in [1.165, 1.54) is 26.3 Å². The molecule has 0 unspecified atom stereocenters. The number of rotatable bonds is 7. The monoisotopic (exact) mass is 404 g/mol. The van der Waals surface area contributed by atoms with Crippen molar-refractivity contribution in [1.29, 1.82) is 0 Å². The maximum Gasteiger partial charge on any atom is 0.255 e. The first-order valence-corrected chi connectivity index (χ1v) is 10.7. The number of ether oxygens (including phenoxy) is 1. The van der Waals surface area contributed by atoms with E-state index in [9.17, 15) is 13.2 Å². The summed E-state index contributed by atoms with van der Waals surface area (Å²) in [5, 5.41) is 3.00. The van der Waals surface area contributed by atoms with Crippen LogP contribution in [0.15, 0.2) is 41.3 Å². The zero-order valence-electron chi connectivity index (χ0n) is 17.2. The van der Waals surface area contributed by atoms with Crippen molar-refractivity contribution >= 4 is 21.6 Å². The van der Waals surface area contributed by atoms with Gasteiger partial charge in [-0.1, -0.05) is 45.9 Å². The van der Waals surface area contributed by atoms with Crippen LogP contribution in [-0.2, 0) is 10.0 Å². The molecule has 0 aliphatic rings. The molecule has 0 fully saturated rings. The van der Waals surface area contributed by atoms with Gasteiger partial charge in [0.25, 0.3) is 5.91 Å². The summed E-state index contributed by atoms with van der Waals surface area (Å²) in [4.78, 5) is 12.9. The van der Waals surface area contributed by atoms with Crippen LogP contribution in [0.1, 0.15) is 61.0 Å². The highest BCUT2D eigenvalue weighted by molar-refractivity contribution is 7.89. The summed E-state index contributed by atoms with van der Waals surface area (Å²) in [5.41, 5.74) is 3.10. The molecule has 2 rings (SSSR count). The Hall–Kier alpha value is -2.38. The summed E-state index contributed by atoms with van der Waals surface area (Å²) >= 11 is 0. The van der Waals surface area contributed by atoms with Gasteiger partial charge < -0.3 is 10.1 Å². The molecule has 0 aliphatic carbocycles. The van der Waals surface area contributed by atoms with Crippen molar-refractivity contribution in [3.05, 3.63) is 53.1 Å². The zero-order chi connectivity index (χ0) is 21.1. The summed E-state index contributed by atoms with van der Waals surface area (Å²) < 4.78 is 31.9. The molecule has 0 bridgehead atoms. The van der Waals surface area contributed by atoms with Crippen molar-refractivity contribution < 1.29 is 17.9 Å². The molecule has 0 spiro atoms. The van der Waals surface area contributed by atoms with Crippen molar-refractivity contribution in [2.45, 2.75) is 44.4 Å². The number of sulfonamides is 1. The highest BCUT2D eigenvalue weighted by Gasteiger charge is 2.22. The average Bonchev–Trinajstić information content (AvgIpc) is 2.67. The van der Waals surface area contributed by atoms with Crippen LogP contribution in [-0.4, -0.2) is 28.5 Å². The number of amides is 1. The van der Waals surface area contributed by atoms with E-state index in [4.69, 9.17) is 4.74 Å². The first kappa shape index (κ1) is 21.9. The van der Waals surface area contributed by atoms with Crippen LogP contribution in [0.25, 0.3) is 0 Å².